The predicted octanol–water partition coefficient (Wildman–Crippen LogP) is 2.55. The summed E-state index contributed by atoms with van der Waals surface area (Å²) in [6.07, 6.45) is 3.83. The molecule has 1 heterocycles. The minimum absolute atomic E-state index is 0.784. The van der Waals surface area contributed by atoms with Gasteiger partial charge in [-0.25, -0.2) is 0 Å². The van der Waals surface area contributed by atoms with Gasteiger partial charge in [0.25, 0.3) is 0 Å². The van der Waals surface area contributed by atoms with E-state index < -0.39 is 0 Å². The molecule has 0 amide bonds. The van der Waals surface area contributed by atoms with Crippen molar-refractivity contribution >= 4 is 22.6 Å². The standard InChI is InChI=1S/C11H6N2/c12-6-9-4-8-3-7-1-2-13-11(7)5-10(8)9/h1-5,13H. The predicted molar refractivity (Wildman–Crippen MR) is 51.8 cm³/mol. The highest BCUT2D eigenvalue weighted by atomic mass is 14.7. The molecule has 0 saturated heterocycles. The maximum absolute atomic E-state index is 8.73. The third-order valence-corrected chi connectivity index (χ3v) is 2.43. The summed E-state index contributed by atoms with van der Waals surface area (Å²) in [4.78, 5) is 3.13. The number of benzene rings is 1. The van der Waals surface area contributed by atoms with Crippen molar-refractivity contribution in [3.8, 4) is 6.07 Å². The molecule has 2 aromatic rings. The van der Waals surface area contributed by atoms with Gasteiger partial charge in [-0.1, -0.05) is 0 Å². The fourth-order valence-corrected chi connectivity index (χ4v) is 1.72. The first-order chi connectivity index (χ1) is 6.38. The van der Waals surface area contributed by atoms with Gasteiger partial charge in [0.05, 0.1) is 11.6 Å². The molecule has 2 heteroatoms. The maximum atomic E-state index is 8.73. The fraction of sp³-hybridized carbons (Fsp3) is 0. The van der Waals surface area contributed by atoms with E-state index >= 15 is 0 Å². The molecule has 0 spiro atoms. The van der Waals surface area contributed by atoms with E-state index in [0.717, 1.165) is 16.7 Å². The summed E-state index contributed by atoms with van der Waals surface area (Å²) >= 11 is 0. The van der Waals surface area contributed by atoms with Crippen molar-refractivity contribution in [1.82, 2.24) is 4.98 Å². The van der Waals surface area contributed by atoms with Crippen molar-refractivity contribution < 1.29 is 0 Å². The average Bonchev–Trinajstić information content (AvgIpc) is 2.55. The second-order valence-corrected chi connectivity index (χ2v) is 3.17. The van der Waals surface area contributed by atoms with Crippen molar-refractivity contribution in [3.63, 3.8) is 0 Å². The van der Waals surface area contributed by atoms with E-state index in [-0.39, 0.29) is 0 Å². The summed E-state index contributed by atoms with van der Waals surface area (Å²) < 4.78 is 0. The number of hydrogen-bond acceptors (Lipinski definition) is 1. The van der Waals surface area contributed by atoms with Gasteiger partial charge in [-0.3, -0.25) is 0 Å². The van der Waals surface area contributed by atoms with Crippen LogP contribution in [0.5, 0.6) is 0 Å². The summed E-state index contributed by atoms with van der Waals surface area (Å²) in [6.45, 7) is 0. The maximum Gasteiger partial charge on any atom is 0.0998 e. The van der Waals surface area contributed by atoms with Crippen LogP contribution in [0.15, 0.2) is 24.4 Å². The Hall–Kier alpha value is -2.01. The Morgan fingerprint density at radius 2 is 2.23 bits per heavy atom. The third kappa shape index (κ3) is 0.709. The van der Waals surface area contributed by atoms with Crippen LogP contribution in [0.4, 0.5) is 0 Å². The number of rotatable bonds is 0. The van der Waals surface area contributed by atoms with E-state index in [4.69, 9.17) is 5.26 Å². The molecule has 0 unspecified atom stereocenters. The lowest BCUT2D eigenvalue weighted by atomic mass is 9.88. The van der Waals surface area contributed by atoms with Crippen LogP contribution in [-0.2, 0) is 0 Å². The molecule has 1 aliphatic rings. The molecule has 2 nitrogen and oxygen atoms in total. The van der Waals surface area contributed by atoms with E-state index in [1.165, 1.54) is 10.9 Å². The van der Waals surface area contributed by atoms with Crippen LogP contribution in [0.1, 0.15) is 11.1 Å². The van der Waals surface area contributed by atoms with Crippen LogP contribution < -0.4 is 0 Å². The third-order valence-electron chi connectivity index (χ3n) is 2.43. The number of H-pyrrole nitrogens is 1. The Bertz CT molecular complexity index is 567. The van der Waals surface area contributed by atoms with Gasteiger partial charge >= 0.3 is 0 Å². The Morgan fingerprint density at radius 3 is 3.08 bits per heavy atom. The molecular formula is C11H6N2. The van der Waals surface area contributed by atoms with Gasteiger partial charge in [-0.05, 0) is 35.2 Å². The van der Waals surface area contributed by atoms with E-state index in [9.17, 15) is 0 Å². The number of fused-ring (bicyclic) bond motifs is 2. The normalized spacial score (nSPS) is 13.0. The molecule has 0 atom stereocenters. The Morgan fingerprint density at radius 1 is 1.31 bits per heavy atom. The molecule has 1 aromatic carbocycles. The first kappa shape index (κ1) is 6.50. The first-order valence-electron chi connectivity index (χ1n) is 4.12. The van der Waals surface area contributed by atoms with Crippen LogP contribution in [0.3, 0.4) is 0 Å². The van der Waals surface area contributed by atoms with Crippen LogP contribution in [0, 0.1) is 11.3 Å². The Kier molecular flexibility index (Phi) is 1.01. The molecule has 0 fully saturated rings. The summed E-state index contributed by atoms with van der Waals surface area (Å²) in [5.74, 6) is 0. The van der Waals surface area contributed by atoms with Crippen LogP contribution >= 0.6 is 0 Å². The zero-order valence-electron chi connectivity index (χ0n) is 6.83. The Balaban J connectivity index is 2.34. The largest absolute Gasteiger partial charge is 0.361 e. The topological polar surface area (TPSA) is 39.6 Å². The van der Waals surface area contributed by atoms with Gasteiger partial charge in [0.2, 0.25) is 0 Å². The molecule has 0 bridgehead atoms. The van der Waals surface area contributed by atoms with Crippen LogP contribution in [0.25, 0.3) is 22.6 Å². The van der Waals surface area contributed by atoms with E-state index in [2.05, 4.69) is 17.1 Å². The zero-order valence-corrected chi connectivity index (χ0v) is 6.83. The number of hydrogen-bond donors (Lipinski definition) is 1. The van der Waals surface area contributed by atoms with E-state index in [0.29, 0.717) is 0 Å². The van der Waals surface area contributed by atoms with Gasteiger partial charge in [-0.2, -0.15) is 5.26 Å². The smallest absolute Gasteiger partial charge is 0.0998 e. The number of allylic oxidation sites excluding steroid dienone is 1. The second kappa shape index (κ2) is 2.02. The first-order valence-corrected chi connectivity index (χ1v) is 4.12. The van der Waals surface area contributed by atoms with Crippen molar-refractivity contribution in [2.45, 2.75) is 0 Å². The van der Waals surface area contributed by atoms with Gasteiger partial charge in [-0.15, -0.1) is 0 Å². The van der Waals surface area contributed by atoms with Crippen LogP contribution in [-0.4, -0.2) is 4.98 Å². The molecule has 0 radical (unpaired) electrons. The van der Waals surface area contributed by atoms with Gasteiger partial charge in [0, 0.05) is 17.3 Å². The number of nitrogens with zero attached hydrogens (tertiary/aromatic N) is 1. The molecule has 13 heavy (non-hydrogen) atoms. The Labute approximate surface area is 75.1 Å². The van der Waals surface area contributed by atoms with Crippen molar-refractivity contribution in [2.75, 3.05) is 0 Å². The average molecular weight is 166 g/mol. The molecule has 0 aliphatic heterocycles. The van der Waals surface area contributed by atoms with Gasteiger partial charge in [0.15, 0.2) is 0 Å². The lowest BCUT2D eigenvalue weighted by molar-refractivity contribution is 1.46. The highest BCUT2D eigenvalue weighted by Gasteiger charge is 2.16. The molecular weight excluding hydrogens is 160 g/mol. The molecule has 1 aliphatic carbocycles. The van der Waals surface area contributed by atoms with E-state index in [1.54, 1.807) is 0 Å². The number of nitrogens with one attached hydrogen (secondary N) is 1. The fourth-order valence-electron chi connectivity index (χ4n) is 1.72. The lowest BCUT2D eigenvalue weighted by Crippen LogP contribution is -1.96. The van der Waals surface area contributed by atoms with Gasteiger partial charge in [0.1, 0.15) is 0 Å². The highest BCUT2D eigenvalue weighted by Crippen LogP contribution is 2.34. The molecule has 60 valence electrons. The molecule has 1 N–H and O–H groups in total. The number of aromatic amines is 1. The minimum Gasteiger partial charge on any atom is -0.361 e. The lowest BCUT2D eigenvalue weighted by Gasteiger charge is -2.13. The van der Waals surface area contributed by atoms with E-state index in [1.807, 2.05) is 24.4 Å². The minimum atomic E-state index is 0.784. The molecule has 0 saturated carbocycles. The van der Waals surface area contributed by atoms with Crippen LogP contribution in [0.2, 0.25) is 0 Å². The summed E-state index contributed by atoms with van der Waals surface area (Å²) in [6, 6.07) is 8.33. The van der Waals surface area contributed by atoms with Gasteiger partial charge < -0.3 is 4.98 Å². The van der Waals surface area contributed by atoms with Crippen molar-refractivity contribution in [2.24, 2.45) is 0 Å². The SMILES string of the molecule is N#CC1=Cc2cc3cc[nH]c3cc21. The molecule has 3 rings (SSSR count). The molecule has 1 aromatic heterocycles. The summed E-state index contributed by atoms with van der Waals surface area (Å²) in [5, 5.41) is 9.93. The number of nitriles is 1. The van der Waals surface area contributed by atoms with Crippen molar-refractivity contribution in [3.05, 3.63) is 35.5 Å². The summed E-state index contributed by atoms with van der Waals surface area (Å²) in [7, 11) is 0. The quantitative estimate of drug-likeness (QED) is 0.641. The highest BCUT2D eigenvalue weighted by molar-refractivity contribution is 6.05. The monoisotopic (exact) mass is 166 g/mol. The second-order valence-electron chi connectivity index (χ2n) is 3.17. The zero-order chi connectivity index (χ0) is 8.84. The number of aromatic nitrogens is 1. The summed E-state index contributed by atoms with van der Waals surface area (Å²) in [5.41, 5.74) is 4.12. The van der Waals surface area contributed by atoms with Crippen molar-refractivity contribution in [1.29, 1.82) is 5.26 Å².